The highest BCUT2D eigenvalue weighted by atomic mass is 16.2. The zero-order valence-electron chi connectivity index (χ0n) is 11.4. The number of rotatable bonds is 6. The maximum atomic E-state index is 11.7. The standard InChI is InChI=1S/C14H21NO3/c1-14(2,3)11(16)7-5-4-6-10-15-12(17)8-9-13(15)18/h8-9H,4-7,10H2,1-3H3. The van der Waals surface area contributed by atoms with Gasteiger partial charge in [0.1, 0.15) is 5.78 Å². The van der Waals surface area contributed by atoms with Crippen LogP contribution in [-0.2, 0) is 14.4 Å². The third-order valence-corrected chi connectivity index (χ3v) is 3.02. The van der Waals surface area contributed by atoms with Crippen LogP contribution in [-0.4, -0.2) is 29.0 Å². The van der Waals surface area contributed by atoms with Gasteiger partial charge >= 0.3 is 0 Å². The first-order valence-electron chi connectivity index (χ1n) is 6.39. The van der Waals surface area contributed by atoms with Crippen molar-refractivity contribution in [2.45, 2.75) is 46.5 Å². The number of hydrogen-bond acceptors (Lipinski definition) is 3. The largest absolute Gasteiger partial charge is 0.299 e. The molecule has 0 radical (unpaired) electrons. The monoisotopic (exact) mass is 251 g/mol. The number of carbonyl (C=O) groups is 3. The summed E-state index contributed by atoms with van der Waals surface area (Å²) in [6.07, 6.45) is 5.61. The Hall–Kier alpha value is -1.45. The SMILES string of the molecule is CC(C)(C)C(=O)CCCCCN1C(=O)C=CC1=O. The number of amides is 2. The van der Waals surface area contributed by atoms with Gasteiger partial charge in [-0.3, -0.25) is 19.3 Å². The summed E-state index contributed by atoms with van der Waals surface area (Å²) in [6, 6.07) is 0. The van der Waals surface area contributed by atoms with Crippen molar-refractivity contribution in [2.75, 3.05) is 6.54 Å². The zero-order chi connectivity index (χ0) is 13.8. The van der Waals surface area contributed by atoms with E-state index in [9.17, 15) is 14.4 Å². The molecular formula is C14H21NO3. The summed E-state index contributed by atoms with van der Waals surface area (Å²) in [7, 11) is 0. The molecule has 2 amide bonds. The number of imide groups is 1. The molecule has 4 heteroatoms. The Morgan fingerprint density at radius 2 is 1.61 bits per heavy atom. The highest BCUT2D eigenvalue weighted by molar-refractivity contribution is 6.12. The molecule has 0 unspecified atom stereocenters. The van der Waals surface area contributed by atoms with Gasteiger partial charge in [0.05, 0.1) is 0 Å². The molecule has 1 aliphatic heterocycles. The molecule has 0 atom stereocenters. The fourth-order valence-electron chi connectivity index (χ4n) is 1.76. The van der Waals surface area contributed by atoms with Crippen LogP contribution in [0.4, 0.5) is 0 Å². The molecule has 0 aromatic heterocycles. The van der Waals surface area contributed by atoms with Crippen LogP contribution < -0.4 is 0 Å². The second-order valence-corrected chi connectivity index (χ2v) is 5.65. The lowest BCUT2D eigenvalue weighted by Crippen LogP contribution is -2.30. The molecule has 1 rings (SSSR count). The van der Waals surface area contributed by atoms with Gasteiger partial charge in [-0.05, 0) is 12.8 Å². The Kier molecular flexibility index (Phi) is 4.82. The first-order valence-corrected chi connectivity index (χ1v) is 6.39. The molecule has 100 valence electrons. The van der Waals surface area contributed by atoms with Gasteiger partial charge in [-0.15, -0.1) is 0 Å². The maximum Gasteiger partial charge on any atom is 0.253 e. The van der Waals surface area contributed by atoms with Crippen molar-refractivity contribution in [3.63, 3.8) is 0 Å². The molecule has 0 saturated carbocycles. The van der Waals surface area contributed by atoms with Crippen LogP contribution in [0.5, 0.6) is 0 Å². The van der Waals surface area contributed by atoms with Crippen molar-refractivity contribution in [1.29, 1.82) is 0 Å². The average molecular weight is 251 g/mol. The summed E-state index contributed by atoms with van der Waals surface area (Å²) < 4.78 is 0. The minimum absolute atomic E-state index is 0.231. The Bertz CT molecular complexity index is 359. The van der Waals surface area contributed by atoms with Crippen LogP contribution in [0.2, 0.25) is 0 Å². The summed E-state index contributed by atoms with van der Waals surface area (Å²) in [5.74, 6) is -0.200. The number of hydrogen-bond donors (Lipinski definition) is 0. The predicted octanol–water partition coefficient (Wildman–Crippen LogP) is 2.09. The topological polar surface area (TPSA) is 54.5 Å². The molecule has 0 fully saturated rings. The number of Topliss-reactive ketones (excluding diaryl/α,β-unsaturated/α-hetero) is 1. The summed E-state index contributed by atoms with van der Waals surface area (Å²) in [5, 5.41) is 0. The molecule has 0 aliphatic carbocycles. The van der Waals surface area contributed by atoms with Gasteiger partial charge in [0, 0.05) is 30.5 Å². The number of nitrogens with zero attached hydrogens (tertiary/aromatic N) is 1. The lowest BCUT2D eigenvalue weighted by Gasteiger charge is -2.16. The fraction of sp³-hybridized carbons (Fsp3) is 0.643. The van der Waals surface area contributed by atoms with Crippen LogP contribution in [0.1, 0.15) is 46.5 Å². The number of carbonyl (C=O) groups excluding carboxylic acids is 3. The predicted molar refractivity (Wildman–Crippen MR) is 68.8 cm³/mol. The second kappa shape index (κ2) is 5.94. The van der Waals surface area contributed by atoms with Gasteiger partial charge in [0.2, 0.25) is 0 Å². The second-order valence-electron chi connectivity index (χ2n) is 5.65. The highest BCUT2D eigenvalue weighted by Gasteiger charge is 2.23. The van der Waals surface area contributed by atoms with Crippen LogP contribution in [0.25, 0.3) is 0 Å². The van der Waals surface area contributed by atoms with E-state index >= 15 is 0 Å². The van der Waals surface area contributed by atoms with E-state index in [2.05, 4.69) is 0 Å². The van der Waals surface area contributed by atoms with E-state index in [1.165, 1.54) is 17.1 Å². The Labute approximate surface area is 108 Å². The van der Waals surface area contributed by atoms with Crippen LogP contribution >= 0.6 is 0 Å². The smallest absolute Gasteiger partial charge is 0.253 e. The van der Waals surface area contributed by atoms with E-state index in [-0.39, 0.29) is 23.0 Å². The van der Waals surface area contributed by atoms with Gasteiger partial charge in [-0.1, -0.05) is 27.2 Å². The van der Waals surface area contributed by atoms with E-state index < -0.39 is 0 Å². The first-order chi connectivity index (χ1) is 8.32. The number of ketones is 1. The molecule has 0 bridgehead atoms. The van der Waals surface area contributed by atoms with Crippen LogP contribution in [0.3, 0.4) is 0 Å². The molecule has 0 spiro atoms. The lowest BCUT2D eigenvalue weighted by molar-refractivity contribution is -0.137. The zero-order valence-corrected chi connectivity index (χ0v) is 11.4. The van der Waals surface area contributed by atoms with Gasteiger partial charge in [0.25, 0.3) is 11.8 Å². The van der Waals surface area contributed by atoms with Crippen molar-refractivity contribution in [2.24, 2.45) is 5.41 Å². The minimum atomic E-state index is -0.273. The van der Waals surface area contributed by atoms with E-state index in [4.69, 9.17) is 0 Å². The molecule has 18 heavy (non-hydrogen) atoms. The molecule has 1 heterocycles. The first kappa shape index (κ1) is 14.6. The van der Waals surface area contributed by atoms with E-state index in [1.54, 1.807) is 0 Å². The van der Waals surface area contributed by atoms with Gasteiger partial charge in [-0.25, -0.2) is 0 Å². The lowest BCUT2D eigenvalue weighted by atomic mass is 9.88. The molecule has 0 aromatic rings. The third-order valence-electron chi connectivity index (χ3n) is 3.02. The van der Waals surface area contributed by atoms with Crippen molar-refractivity contribution in [3.8, 4) is 0 Å². The van der Waals surface area contributed by atoms with Gasteiger partial charge in [-0.2, -0.15) is 0 Å². The molecule has 0 saturated heterocycles. The summed E-state index contributed by atoms with van der Waals surface area (Å²) in [4.78, 5) is 35.4. The van der Waals surface area contributed by atoms with Crippen molar-refractivity contribution < 1.29 is 14.4 Å². The number of unbranched alkanes of at least 4 members (excludes halogenated alkanes) is 2. The Morgan fingerprint density at radius 3 is 2.11 bits per heavy atom. The highest BCUT2D eigenvalue weighted by Crippen LogP contribution is 2.18. The summed E-state index contributed by atoms with van der Waals surface area (Å²) in [6.45, 7) is 6.21. The Morgan fingerprint density at radius 1 is 1.06 bits per heavy atom. The average Bonchev–Trinajstić information content (AvgIpc) is 2.58. The van der Waals surface area contributed by atoms with E-state index in [1.807, 2.05) is 20.8 Å². The van der Waals surface area contributed by atoms with Crippen molar-refractivity contribution >= 4 is 17.6 Å². The summed E-state index contributed by atoms with van der Waals surface area (Å²) in [5.41, 5.74) is -0.273. The van der Waals surface area contributed by atoms with E-state index in [0.29, 0.717) is 13.0 Å². The van der Waals surface area contributed by atoms with Gasteiger partial charge in [0.15, 0.2) is 0 Å². The quantitative estimate of drug-likeness (QED) is 0.536. The van der Waals surface area contributed by atoms with Crippen molar-refractivity contribution in [1.82, 2.24) is 4.90 Å². The third kappa shape index (κ3) is 4.09. The molecule has 0 N–H and O–H groups in total. The van der Waals surface area contributed by atoms with Crippen LogP contribution in [0.15, 0.2) is 12.2 Å². The minimum Gasteiger partial charge on any atom is -0.299 e. The molecular weight excluding hydrogens is 230 g/mol. The van der Waals surface area contributed by atoms with Crippen LogP contribution in [0, 0.1) is 5.41 Å². The van der Waals surface area contributed by atoms with Crippen molar-refractivity contribution in [3.05, 3.63) is 12.2 Å². The van der Waals surface area contributed by atoms with Gasteiger partial charge < -0.3 is 0 Å². The summed E-state index contributed by atoms with van der Waals surface area (Å²) >= 11 is 0. The fourth-order valence-corrected chi connectivity index (χ4v) is 1.76. The molecule has 0 aromatic carbocycles. The normalized spacial score (nSPS) is 15.6. The molecule has 4 nitrogen and oxygen atoms in total. The molecule has 1 aliphatic rings. The maximum absolute atomic E-state index is 11.7. The Balaban J connectivity index is 2.15. The van der Waals surface area contributed by atoms with E-state index in [0.717, 1.165) is 19.3 Å².